The van der Waals surface area contributed by atoms with Crippen molar-refractivity contribution in [3.63, 3.8) is 0 Å². The van der Waals surface area contributed by atoms with E-state index in [0.29, 0.717) is 61.2 Å². The molecule has 1 atom stereocenters. The van der Waals surface area contributed by atoms with E-state index in [0.717, 1.165) is 17.1 Å². The normalized spacial score (nSPS) is 20.9. The molecule has 1 aromatic heterocycles. The van der Waals surface area contributed by atoms with Crippen LogP contribution in [-0.2, 0) is 15.1 Å². The lowest BCUT2D eigenvalue weighted by molar-refractivity contribution is -0.141. The van der Waals surface area contributed by atoms with E-state index in [2.05, 4.69) is 10.6 Å². The van der Waals surface area contributed by atoms with Crippen LogP contribution in [0.2, 0.25) is 5.02 Å². The maximum atomic E-state index is 13.5. The highest BCUT2D eigenvalue weighted by atomic mass is 35.5. The number of aromatic nitrogens is 1. The van der Waals surface area contributed by atoms with Gasteiger partial charge in [0.15, 0.2) is 22.9 Å². The van der Waals surface area contributed by atoms with Crippen LogP contribution in [0.4, 0.5) is 0 Å². The highest BCUT2D eigenvalue weighted by molar-refractivity contribution is 6.30. The summed E-state index contributed by atoms with van der Waals surface area (Å²) in [6.07, 6.45) is 3.24. The fraction of sp³-hybridized carbons (Fsp3) is 0.414. The highest BCUT2D eigenvalue weighted by Gasteiger charge is 2.44. The van der Waals surface area contributed by atoms with Crippen molar-refractivity contribution in [3.8, 4) is 22.9 Å². The number of ether oxygens (including phenoxy) is 5. The molecule has 2 fully saturated rings. The van der Waals surface area contributed by atoms with Gasteiger partial charge in [-0.2, -0.15) is 0 Å². The van der Waals surface area contributed by atoms with E-state index in [4.69, 9.17) is 35.3 Å². The fourth-order valence-electron chi connectivity index (χ4n) is 5.55. The largest absolute Gasteiger partial charge is 0.493 e. The van der Waals surface area contributed by atoms with Crippen molar-refractivity contribution in [2.75, 3.05) is 33.4 Å². The lowest BCUT2D eigenvalue weighted by atomic mass is 9.86. The summed E-state index contributed by atoms with van der Waals surface area (Å²) in [5, 5.41) is 0.667. The smallest absolute Gasteiger partial charge is 0.253 e. The number of likely N-dealkylation sites (tertiary alicyclic amines) is 1. The molecule has 38 heavy (non-hydrogen) atoms. The molecular formula is C29H31ClN2O6. The molecule has 2 saturated heterocycles. The molecule has 9 heteroatoms. The summed E-state index contributed by atoms with van der Waals surface area (Å²) in [6, 6.07) is 15.1. The second-order valence-electron chi connectivity index (χ2n) is 10.4. The minimum Gasteiger partial charge on any atom is -0.493 e. The first-order valence-electron chi connectivity index (χ1n) is 12.9. The van der Waals surface area contributed by atoms with Crippen LogP contribution in [0.5, 0.6) is 17.2 Å². The van der Waals surface area contributed by atoms with E-state index in [1.165, 1.54) is 0 Å². The monoisotopic (exact) mass is 538 g/mol. The lowest BCUT2D eigenvalue weighted by Crippen LogP contribution is -2.50. The first-order valence-corrected chi connectivity index (χ1v) is 13.2. The molecule has 0 N–H and O–H groups in total. The average molecular weight is 539 g/mol. The number of nitrogens with zero attached hydrogens (tertiary/aromatic N) is 2. The zero-order valence-electron chi connectivity index (χ0n) is 21.7. The van der Waals surface area contributed by atoms with Crippen molar-refractivity contribution >= 4 is 17.5 Å². The number of amides is 1. The Morgan fingerprint density at radius 1 is 1.11 bits per heavy atom. The van der Waals surface area contributed by atoms with E-state index >= 15 is 0 Å². The second kappa shape index (κ2) is 9.52. The standard InChI is InChI=1S/C29H31ClN2O6/c1-28(2)36-18-21(37-28)17-35-24-8-6-19(15-25(24)34-3)27(33)31-13-10-29(11-14-31)26-5-4-12-32(26)22-16-20(30)7-9-23(22)38-29/h4-9,12,15-16,21H,10-11,13-14,17-18H2,1-3H3/t21-/m1/s1. The Balaban J connectivity index is 1.14. The summed E-state index contributed by atoms with van der Waals surface area (Å²) in [6.45, 7) is 5.70. The van der Waals surface area contributed by atoms with Gasteiger partial charge in [0.25, 0.3) is 5.91 Å². The molecule has 6 rings (SSSR count). The van der Waals surface area contributed by atoms with Crippen LogP contribution in [0.1, 0.15) is 42.7 Å². The molecule has 2 aromatic carbocycles. The highest BCUT2D eigenvalue weighted by Crippen LogP contribution is 2.46. The number of hydrogen-bond acceptors (Lipinski definition) is 6. The maximum absolute atomic E-state index is 13.5. The Kier molecular flexibility index (Phi) is 6.29. The Morgan fingerprint density at radius 3 is 2.66 bits per heavy atom. The number of rotatable bonds is 5. The van der Waals surface area contributed by atoms with Crippen molar-refractivity contribution in [2.24, 2.45) is 0 Å². The van der Waals surface area contributed by atoms with Gasteiger partial charge in [0.1, 0.15) is 18.5 Å². The molecule has 200 valence electrons. The van der Waals surface area contributed by atoms with Gasteiger partial charge in [-0.3, -0.25) is 4.79 Å². The van der Waals surface area contributed by atoms with Crippen LogP contribution in [0.25, 0.3) is 5.69 Å². The van der Waals surface area contributed by atoms with E-state index in [1.54, 1.807) is 25.3 Å². The maximum Gasteiger partial charge on any atom is 0.253 e. The average Bonchev–Trinajstić information content (AvgIpc) is 3.55. The van der Waals surface area contributed by atoms with Gasteiger partial charge >= 0.3 is 0 Å². The zero-order valence-corrected chi connectivity index (χ0v) is 22.5. The minimum atomic E-state index is -0.607. The predicted molar refractivity (Wildman–Crippen MR) is 142 cm³/mol. The molecule has 3 aliphatic rings. The summed E-state index contributed by atoms with van der Waals surface area (Å²) in [4.78, 5) is 15.3. The molecule has 0 radical (unpaired) electrons. The van der Waals surface area contributed by atoms with Gasteiger partial charge in [0.05, 0.1) is 25.1 Å². The molecule has 3 aliphatic heterocycles. The number of piperidine rings is 1. The molecule has 1 amide bonds. The first-order chi connectivity index (χ1) is 18.3. The van der Waals surface area contributed by atoms with Crippen molar-refractivity contribution in [3.05, 3.63) is 71.0 Å². The predicted octanol–water partition coefficient (Wildman–Crippen LogP) is 5.19. The molecule has 1 spiro atoms. The SMILES string of the molecule is COc1cc(C(=O)N2CCC3(CC2)Oc2ccc(Cl)cc2-n2cccc23)ccc1OC[C@@H]1COC(C)(C)O1. The number of carbonyl (C=O) groups is 1. The fourth-order valence-corrected chi connectivity index (χ4v) is 5.72. The number of carbonyl (C=O) groups excluding carboxylic acids is 1. The van der Waals surface area contributed by atoms with Gasteiger partial charge in [-0.1, -0.05) is 11.6 Å². The van der Waals surface area contributed by atoms with E-state index in [9.17, 15) is 4.79 Å². The molecule has 3 aromatic rings. The van der Waals surface area contributed by atoms with Gasteiger partial charge in [-0.25, -0.2) is 0 Å². The van der Waals surface area contributed by atoms with Gasteiger partial charge in [-0.05, 0) is 62.4 Å². The summed E-state index contributed by atoms with van der Waals surface area (Å²) in [7, 11) is 1.57. The second-order valence-corrected chi connectivity index (χ2v) is 10.8. The molecule has 4 heterocycles. The quantitative estimate of drug-likeness (QED) is 0.445. The number of halogens is 1. The van der Waals surface area contributed by atoms with Gasteiger partial charge in [0.2, 0.25) is 0 Å². The molecular weight excluding hydrogens is 508 g/mol. The summed E-state index contributed by atoms with van der Waals surface area (Å²) in [5.41, 5.74) is 2.09. The number of benzene rings is 2. The third kappa shape index (κ3) is 4.51. The van der Waals surface area contributed by atoms with Crippen LogP contribution >= 0.6 is 11.6 Å². The topological polar surface area (TPSA) is 71.4 Å². The Morgan fingerprint density at radius 2 is 1.92 bits per heavy atom. The van der Waals surface area contributed by atoms with Crippen molar-refractivity contribution < 1.29 is 28.5 Å². The van der Waals surface area contributed by atoms with E-state index < -0.39 is 11.4 Å². The van der Waals surface area contributed by atoms with Crippen molar-refractivity contribution in [2.45, 2.75) is 44.2 Å². The molecule has 0 unspecified atom stereocenters. The van der Waals surface area contributed by atoms with Crippen molar-refractivity contribution in [1.82, 2.24) is 9.47 Å². The van der Waals surface area contributed by atoms with Gasteiger partial charge < -0.3 is 33.2 Å². The van der Waals surface area contributed by atoms with Crippen LogP contribution in [0.3, 0.4) is 0 Å². The van der Waals surface area contributed by atoms with Crippen LogP contribution in [0, 0.1) is 0 Å². The summed E-state index contributed by atoms with van der Waals surface area (Å²) in [5.74, 6) is 1.22. The summed E-state index contributed by atoms with van der Waals surface area (Å²) < 4.78 is 31.6. The van der Waals surface area contributed by atoms with Gasteiger partial charge in [0, 0.05) is 42.7 Å². The molecule has 8 nitrogen and oxygen atoms in total. The van der Waals surface area contributed by atoms with Crippen LogP contribution in [0.15, 0.2) is 54.7 Å². The Bertz CT molecular complexity index is 1360. The number of methoxy groups -OCH3 is 1. The Labute approximate surface area is 226 Å². The lowest BCUT2D eigenvalue weighted by Gasteiger charge is -2.45. The molecule has 0 bridgehead atoms. The third-order valence-corrected chi connectivity index (χ3v) is 7.70. The van der Waals surface area contributed by atoms with Crippen LogP contribution in [-0.4, -0.2) is 60.7 Å². The first kappa shape index (κ1) is 25.1. The van der Waals surface area contributed by atoms with Crippen LogP contribution < -0.4 is 14.2 Å². The van der Waals surface area contributed by atoms with E-state index in [1.807, 2.05) is 49.2 Å². The zero-order chi connectivity index (χ0) is 26.5. The molecule has 0 aliphatic carbocycles. The summed E-state index contributed by atoms with van der Waals surface area (Å²) >= 11 is 6.25. The van der Waals surface area contributed by atoms with E-state index in [-0.39, 0.29) is 12.0 Å². The number of hydrogen-bond donors (Lipinski definition) is 0. The third-order valence-electron chi connectivity index (χ3n) is 7.46. The van der Waals surface area contributed by atoms with Crippen molar-refractivity contribution in [1.29, 1.82) is 0 Å². The van der Waals surface area contributed by atoms with Gasteiger partial charge in [-0.15, -0.1) is 0 Å². The number of fused-ring (bicyclic) bond motifs is 4. The molecule has 0 saturated carbocycles. The Hall–Kier alpha value is -3.20. The minimum absolute atomic E-state index is 0.0441.